The van der Waals surface area contributed by atoms with Crippen molar-refractivity contribution in [1.82, 2.24) is 14.9 Å². The van der Waals surface area contributed by atoms with Crippen LogP contribution >= 0.6 is 11.6 Å². The highest BCUT2D eigenvalue weighted by Crippen LogP contribution is 2.33. The largest absolute Gasteiger partial charge is 0.490 e. The molecule has 0 unspecified atom stereocenters. The molecule has 116 valence electrons. The van der Waals surface area contributed by atoms with Gasteiger partial charge in [-0.2, -0.15) is 0 Å². The van der Waals surface area contributed by atoms with Gasteiger partial charge in [0.25, 0.3) is 0 Å². The SMILES string of the molecule is COc1c(Cl)ncnc1N1CCC(N2CCCCC2)CC1. The summed E-state index contributed by atoms with van der Waals surface area (Å²) in [7, 11) is 1.62. The Morgan fingerprint density at radius 3 is 2.48 bits per heavy atom. The number of aromatic nitrogens is 2. The fraction of sp³-hybridized carbons (Fsp3) is 0.733. The fourth-order valence-electron chi connectivity index (χ4n) is 3.47. The number of rotatable bonds is 3. The minimum Gasteiger partial charge on any atom is -0.490 e. The molecule has 0 radical (unpaired) electrons. The second-order valence-corrected chi connectivity index (χ2v) is 6.19. The van der Waals surface area contributed by atoms with Crippen LogP contribution in [0.3, 0.4) is 0 Å². The van der Waals surface area contributed by atoms with Gasteiger partial charge in [-0.3, -0.25) is 0 Å². The molecule has 0 atom stereocenters. The average molecular weight is 311 g/mol. The summed E-state index contributed by atoms with van der Waals surface area (Å²) < 4.78 is 5.36. The molecule has 0 amide bonds. The summed E-state index contributed by atoms with van der Waals surface area (Å²) in [6, 6.07) is 0.727. The lowest BCUT2D eigenvalue weighted by molar-refractivity contribution is 0.141. The summed E-state index contributed by atoms with van der Waals surface area (Å²) >= 11 is 6.09. The van der Waals surface area contributed by atoms with Crippen LogP contribution in [0.25, 0.3) is 0 Å². The maximum Gasteiger partial charge on any atom is 0.199 e. The van der Waals surface area contributed by atoms with E-state index in [9.17, 15) is 0 Å². The topological polar surface area (TPSA) is 41.5 Å². The van der Waals surface area contributed by atoms with E-state index in [1.54, 1.807) is 7.11 Å². The Hall–Kier alpha value is -1.07. The van der Waals surface area contributed by atoms with E-state index in [2.05, 4.69) is 19.8 Å². The zero-order valence-corrected chi connectivity index (χ0v) is 13.3. The van der Waals surface area contributed by atoms with Crippen LogP contribution in [-0.4, -0.2) is 54.2 Å². The number of piperidine rings is 2. The Morgan fingerprint density at radius 2 is 1.81 bits per heavy atom. The summed E-state index contributed by atoms with van der Waals surface area (Å²) in [6.07, 6.45) is 7.99. The van der Waals surface area contributed by atoms with Crippen LogP contribution in [0.15, 0.2) is 6.33 Å². The molecular formula is C15H23ClN4O. The molecule has 2 aliphatic heterocycles. The molecule has 0 aliphatic carbocycles. The highest BCUT2D eigenvalue weighted by Gasteiger charge is 2.27. The molecule has 0 saturated carbocycles. The molecule has 2 aliphatic rings. The second-order valence-electron chi connectivity index (χ2n) is 5.84. The van der Waals surface area contributed by atoms with Crippen LogP contribution in [0, 0.1) is 0 Å². The number of methoxy groups -OCH3 is 1. The maximum absolute atomic E-state index is 6.09. The zero-order valence-electron chi connectivity index (χ0n) is 12.6. The van der Waals surface area contributed by atoms with Crippen molar-refractivity contribution in [3.63, 3.8) is 0 Å². The average Bonchev–Trinajstić information content (AvgIpc) is 2.55. The lowest BCUT2D eigenvalue weighted by Crippen LogP contribution is -2.47. The summed E-state index contributed by atoms with van der Waals surface area (Å²) in [5.74, 6) is 1.42. The Balaban J connectivity index is 1.64. The van der Waals surface area contributed by atoms with Gasteiger partial charge < -0.3 is 14.5 Å². The van der Waals surface area contributed by atoms with Crippen LogP contribution in [0.2, 0.25) is 5.15 Å². The summed E-state index contributed by atoms with van der Waals surface area (Å²) in [6.45, 7) is 4.55. The van der Waals surface area contributed by atoms with Crippen LogP contribution in [0.4, 0.5) is 5.82 Å². The van der Waals surface area contributed by atoms with Crippen molar-refractivity contribution in [2.24, 2.45) is 0 Å². The molecular weight excluding hydrogens is 288 g/mol. The number of hydrogen-bond acceptors (Lipinski definition) is 5. The number of halogens is 1. The molecule has 3 heterocycles. The number of likely N-dealkylation sites (tertiary alicyclic amines) is 1. The van der Waals surface area contributed by atoms with E-state index in [1.165, 1.54) is 51.5 Å². The molecule has 3 rings (SSSR count). The Labute approximate surface area is 131 Å². The van der Waals surface area contributed by atoms with Crippen LogP contribution in [-0.2, 0) is 0 Å². The maximum atomic E-state index is 6.09. The minimum absolute atomic E-state index is 0.389. The lowest BCUT2D eigenvalue weighted by atomic mass is 10.00. The van der Waals surface area contributed by atoms with Crippen molar-refractivity contribution in [1.29, 1.82) is 0 Å². The van der Waals surface area contributed by atoms with Crippen LogP contribution in [0.1, 0.15) is 32.1 Å². The van der Waals surface area contributed by atoms with Crippen molar-refractivity contribution >= 4 is 17.4 Å². The smallest absolute Gasteiger partial charge is 0.199 e. The lowest BCUT2D eigenvalue weighted by Gasteiger charge is -2.40. The molecule has 1 aromatic heterocycles. The second kappa shape index (κ2) is 6.79. The van der Waals surface area contributed by atoms with Gasteiger partial charge in [0.2, 0.25) is 0 Å². The van der Waals surface area contributed by atoms with Gasteiger partial charge in [-0.1, -0.05) is 18.0 Å². The highest BCUT2D eigenvalue weighted by atomic mass is 35.5. The molecule has 21 heavy (non-hydrogen) atoms. The van der Waals surface area contributed by atoms with Crippen molar-refractivity contribution < 1.29 is 4.74 Å². The van der Waals surface area contributed by atoms with Gasteiger partial charge in [0.1, 0.15) is 6.33 Å². The minimum atomic E-state index is 0.389. The standard InChI is InChI=1S/C15H23ClN4O/c1-21-13-14(16)17-11-18-15(13)20-9-5-12(6-10-20)19-7-3-2-4-8-19/h11-12H,2-10H2,1H3. The number of anilines is 1. The normalized spacial score (nSPS) is 21.5. The van der Waals surface area contributed by atoms with Gasteiger partial charge in [-0.05, 0) is 38.8 Å². The van der Waals surface area contributed by atoms with Crippen molar-refractivity contribution in [3.8, 4) is 5.75 Å². The van der Waals surface area contributed by atoms with Crippen LogP contribution < -0.4 is 9.64 Å². The first-order valence-corrected chi connectivity index (χ1v) is 8.21. The predicted octanol–water partition coefficient (Wildman–Crippen LogP) is 2.59. The number of nitrogens with zero attached hydrogens (tertiary/aromatic N) is 4. The number of ether oxygens (including phenoxy) is 1. The van der Waals surface area contributed by atoms with E-state index in [1.807, 2.05) is 0 Å². The zero-order chi connectivity index (χ0) is 14.7. The van der Waals surface area contributed by atoms with E-state index >= 15 is 0 Å². The first-order chi connectivity index (χ1) is 10.3. The third kappa shape index (κ3) is 3.24. The monoisotopic (exact) mass is 310 g/mol. The van der Waals surface area contributed by atoms with E-state index < -0.39 is 0 Å². The summed E-state index contributed by atoms with van der Waals surface area (Å²) in [4.78, 5) is 13.3. The summed E-state index contributed by atoms with van der Waals surface area (Å²) in [5.41, 5.74) is 0. The van der Waals surface area contributed by atoms with E-state index in [-0.39, 0.29) is 0 Å². The first-order valence-electron chi connectivity index (χ1n) is 7.83. The third-order valence-corrected chi connectivity index (χ3v) is 4.89. The van der Waals surface area contributed by atoms with Gasteiger partial charge in [-0.15, -0.1) is 0 Å². The molecule has 2 saturated heterocycles. The quantitative estimate of drug-likeness (QED) is 0.803. The van der Waals surface area contributed by atoms with Gasteiger partial charge in [-0.25, -0.2) is 9.97 Å². The van der Waals surface area contributed by atoms with Gasteiger partial charge in [0.05, 0.1) is 7.11 Å². The molecule has 0 spiro atoms. The van der Waals surface area contributed by atoms with E-state index in [4.69, 9.17) is 16.3 Å². The Bertz CT molecular complexity index is 471. The van der Waals surface area contributed by atoms with E-state index in [0.717, 1.165) is 24.9 Å². The molecule has 2 fully saturated rings. The molecule has 0 bridgehead atoms. The molecule has 0 N–H and O–H groups in total. The van der Waals surface area contributed by atoms with E-state index in [0.29, 0.717) is 10.9 Å². The van der Waals surface area contributed by atoms with Gasteiger partial charge in [0, 0.05) is 19.1 Å². The first kappa shape index (κ1) is 14.9. The molecule has 1 aromatic rings. The molecule has 5 nitrogen and oxygen atoms in total. The Kier molecular flexibility index (Phi) is 4.80. The fourth-order valence-corrected chi connectivity index (χ4v) is 3.68. The Morgan fingerprint density at radius 1 is 1.10 bits per heavy atom. The van der Waals surface area contributed by atoms with Crippen molar-refractivity contribution in [2.75, 3.05) is 38.2 Å². The van der Waals surface area contributed by atoms with Crippen LogP contribution in [0.5, 0.6) is 5.75 Å². The van der Waals surface area contributed by atoms with Gasteiger partial charge >= 0.3 is 0 Å². The van der Waals surface area contributed by atoms with Crippen molar-refractivity contribution in [3.05, 3.63) is 11.5 Å². The molecule has 6 heteroatoms. The summed E-state index contributed by atoms with van der Waals surface area (Å²) in [5, 5.41) is 0.389. The third-order valence-electron chi connectivity index (χ3n) is 4.62. The number of hydrogen-bond donors (Lipinski definition) is 0. The van der Waals surface area contributed by atoms with Crippen molar-refractivity contribution in [2.45, 2.75) is 38.1 Å². The predicted molar refractivity (Wildman–Crippen MR) is 84.3 cm³/mol. The highest BCUT2D eigenvalue weighted by molar-refractivity contribution is 6.31. The van der Waals surface area contributed by atoms with Gasteiger partial charge in [0.15, 0.2) is 16.7 Å². The molecule has 0 aromatic carbocycles.